The van der Waals surface area contributed by atoms with Crippen molar-refractivity contribution in [3.05, 3.63) is 106 Å². The van der Waals surface area contributed by atoms with Gasteiger partial charge in [-0.2, -0.15) is 0 Å². The molecular weight excluding hydrogens is 418 g/mol. The predicted octanol–water partition coefficient (Wildman–Crippen LogP) is 6.65. The Morgan fingerprint density at radius 2 is 1.65 bits per heavy atom. The molecule has 0 spiro atoms. The summed E-state index contributed by atoms with van der Waals surface area (Å²) >= 11 is 0. The Bertz CT molecular complexity index is 1510. The van der Waals surface area contributed by atoms with E-state index in [1.165, 1.54) is 33.4 Å². The van der Waals surface area contributed by atoms with E-state index >= 15 is 0 Å². The van der Waals surface area contributed by atoms with Gasteiger partial charge in [-0.15, -0.1) is 0 Å². The molecule has 2 aromatic heterocycles. The van der Waals surface area contributed by atoms with Crippen LogP contribution in [0.15, 0.2) is 72.9 Å². The van der Waals surface area contributed by atoms with Gasteiger partial charge in [-0.1, -0.05) is 48.0 Å². The number of hydrogen-bond donors (Lipinski definition) is 1. The fraction of sp³-hybridized carbons (Fsp3) is 0.200. The molecular formula is C30H29N3O. The lowest BCUT2D eigenvalue weighted by atomic mass is 9.99. The predicted molar refractivity (Wildman–Crippen MR) is 140 cm³/mol. The van der Waals surface area contributed by atoms with Crippen LogP contribution in [0.25, 0.3) is 21.8 Å². The number of aryl methyl sites for hydroxylation is 5. The van der Waals surface area contributed by atoms with E-state index in [2.05, 4.69) is 97.5 Å². The first-order valence-corrected chi connectivity index (χ1v) is 11.7. The van der Waals surface area contributed by atoms with Gasteiger partial charge < -0.3 is 10.5 Å². The van der Waals surface area contributed by atoms with E-state index in [9.17, 15) is 0 Å². The molecule has 0 saturated heterocycles. The van der Waals surface area contributed by atoms with Gasteiger partial charge in [0, 0.05) is 17.0 Å². The molecule has 170 valence electrons. The number of rotatable bonds is 6. The Morgan fingerprint density at radius 1 is 0.794 bits per heavy atom. The molecule has 3 aromatic carbocycles. The molecule has 0 aliphatic carbocycles. The van der Waals surface area contributed by atoms with E-state index in [4.69, 9.17) is 10.5 Å². The van der Waals surface area contributed by atoms with Crippen LogP contribution in [0.4, 0.5) is 5.82 Å². The van der Waals surface area contributed by atoms with E-state index in [0.29, 0.717) is 12.4 Å². The van der Waals surface area contributed by atoms with Crippen LogP contribution in [0.2, 0.25) is 0 Å². The zero-order chi connectivity index (χ0) is 23.7. The number of pyridine rings is 2. The van der Waals surface area contributed by atoms with Crippen molar-refractivity contribution in [3.8, 4) is 5.75 Å². The SMILES string of the molecule is Cc1cccc(COc2ccc(CCc3cnc4c(N)nc5cc(C)ccc5c4c3)c(C)c2)c1. The zero-order valence-corrected chi connectivity index (χ0v) is 19.9. The molecule has 5 rings (SSSR count). The van der Waals surface area contributed by atoms with E-state index in [-0.39, 0.29) is 0 Å². The molecule has 2 heterocycles. The van der Waals surface area contributed by atoms with Gasteiger partial charge >= 0.3 is 0 Å². The van der Waals surface area contributed by atoms with Gasteiger partial charge in [0.15, 0.2) is 5.82 Å². The summed E-state index contributed by atoms with van der Waals surface area (Å²) in [5.41, 5.74) is 15.2. The summed E-state index contributed by atoms with van der Waals surface area (Å²) in [5, 5.41) is 2.16. The molecule has 0 saturated carbocycles. The number of hydrogen-bond acceptors (Lipinski definition) is 4. The van der Waals surface area contributed by atoms with Crippen LogP contribution in [0.1, 0.15) is 33.4 Å². The van der Waals surface area contributed by atoms with Gasteiger partial charge in [-0.3, -0.25) is 4.98 Å². The van der Waals surface area contributed by atoms with Crippen molar-refractivity contribution in [3.63, 3.8) is 0 Å². The van der Waals surface area contributed by atoms with Crippen LogP contribution in [0.5, 0.6) is 5.75 Å². The Balaban J connectivity index is 1.32. The number of ether oxygens (including phenoxy) is 1. The van der Waals surface area contributed by atoms with Gasteiger partial charge in [0.1, 0.15) is 17.9 Å². The summed E-state index contributed by atoms with van der Waals surface area (Å²) in [6, 6.07) is 23.3. The fourth-order valence-electron chi connectivity index (χ4n) is 4.49. The van der Waals surface area contributed by atoms with Crippen molar-refractivity contribution in [1.82, 2.24) is 9.97 Å². The monoisotopic (exact) mass is 447 g/mol. The average Bonchev–Trinajstić information content (AvgIpc) is 2.82. The molecule has 0 radical (unpaired) electrons. The summed E-state index contributed by atoms with van der Waals surface area (Å²) in [6.45, 7) is 6.89. The number of anilines is 1. The second kappa shape index (κ2) is 9.14. The Labute approximate surface area is 200 Å². The molecule has 0 aliphatic rings. The topological polar surface area (TPSA) is 61.0 Å². The van der Waals surface area contributed by atoms with Crippen LogP contribution >= 0.6 is 0 Å². The van der Waals surface area contributed by atoms with Gasteiger partial charge in [0.2, 0.25) is 0 Å². The number of fused-ring (bicyclic) bond motifs is 3. The second-order valence-corrected chi connectivity index (χ2v) is 9.12. The highest BCUT2D eigenvalue weighted by molar-refractivity contribution is 6.08. The first-order valence-electron chi connectivity index (χ1n) is 11.7. The summed E-state index contributed by atoms with van der Waals surface area (Å²) < 4.78 is 6.03. The fourth-order valence-corrected chi connectivity index (χ4v) is 4.49. The highest BCUT2D eigenvalue weighted by atomic mass is 16.5. The molecule has 5 aromatic rings. The Kier molecular flexibility index (Phi) is 5.89. The molecule has 0 amide bonds. The molecule has 0 fully saturated rings. The van der Waals surface area contributed by atoms with Gasteiger partial charge in [0.05, 0.1) is 5.52 Å². The lowest BCUT2D eigenvalue weighted by Crippen LogP contribution is -2.00. The maximum atomic E-state index is 6.21. The molecule has 34 heavy (non-hydrogen) atoms. The van der Waals surface area contributed by atoms with Crippen LogP contribution < -0.4 is 10.5 Å². The van der Waals surface area contributed by atoms with Crippen LogP contribution in [-0.4, -0.2) is 9.97 Å². The number of nitrogens with two attached hydrogens (primary N) is 1. The normalized spacial score (nSPS) is 11.3. The molecule has 0 bridgehead atoms. The number of nitrogens with zero attached hydrogens (tertiary/aromatic N) is 2. The van der Waals surface area contributed by atoms with Crippen molar-refractivity contribution in [2.45, 2.75) is 40.2 Å². The number of benzene rings is 3. The molecule has 0 unspecified atom stereocenters. The van der Waals surface area contributed by atoms with E-state index in [1.807, 2.05) is 6.20 Å². The van der Waals surface area contributed by atoms with E-state index in [1.54, 1.807) is 0 Å². The summed E-state index contributed by atoms with van der Waals surface area (Å²) in [5.74, 6) is 1.39. The maximum Gasteiger partial charge on any atom is 0.150 e. The largest absolute Gasteiger partial charge is 0.489 e. The minimum absolute atomic E-state index is 0.483. The van der Waals surface area contributed by atoms with Gasteiger partial charge in [-0.25, -0.2) is 4.98 Å². The first-order chi connectivity index (χ1) is 16.5. The lowest BCUT2D eigenvalue weighted by molar-refractivity contribution is 0.306. The van der Waals surface area contributed by atoms with Crippen molar-refractivity contribution >= 4 is 27.6 Å². The number of aromatic nitrogens is 2. The summed E-state index contributed by atoms with van der Waals surface area (Å²) in [6.07, 6.45) is 3.77. The van der Waals surface area contributed by atoms with Gasteiger partial charge in [0.25, 0.3) is 0 Å². The Hall–Kier alpha value is -3.92. The third kappa shape index (κ3) is 4.58. The second-order valence-electron chi connectivity index (χ2n) is 9.12. The minimum atomic E-state index is 0.483. The van der Waals surface area contributed by atoms with Crippen LogP contribution in [0.3, 0.4) is 0 Å². The molecule has 2 N–H and O–H groups in total. The summed E-state index contributed by atoms with van der Waals surface area (Å²) in [4.78, 5) is 9.20. The van der Waals surface area contributed by atoms with Gasteiger partial charge in [-0.05, 0) is 85.7 Å². The third-order valence-electron chi connectivity index (χ3n) is 6.36. The van der Waals surface area contributed by atoms with E-state index in [0.717, 1.165) is 40.4 Å². The average molecular weight is 448 g/mol. The van der Waals surface area contributed by atoms with Crippen LogP contribution in [0, 0.1) is 20.8 Å². The Morgan fingerprint density at radius 3 is 2.47 bits per heavy atom. The van der Waals surface area contributed by atoms with Crippen molar-refractivity contribution in [2.75, 3.05) is 5.73 Å². The number of nitrogen functional groups attached to an aromatic ring is 1. The molecule has 0 aliphatic heterocycles. The summed E-state index contributed by atoms with van der Waals surface area (Å²) in [7, 11) is 0. The lowest BCUT2D eigenvalue weighted by Gasteiger charge is -2.12. The standard InChI is InChI=1S/C30H29N3O/c1-19-5-4-6-23(13-19)18-34-25-11-10-24(21(3)15-25)9-8-22-16-27-26-12-7-20(2)14-28(26)33-30(31)29(27)32-17-22/h4-7,10-17H,8-9,18H2,1-3H3,(H2,31,33). The third-order valence-corrected chi connectivity index (χ3v) is 6.36. The van der Waals surface area contributed by atoms with Crippen molar-refractivity contribution in [1.29, 1.82) is 0 Å². The van der Waals surface area contributed by atoms with Crippen molar-refractivity contribution < 1.29 is 4.74 Å². The zero-order valence-electron chi connectivity index (χ0n) is 19.9. The molecule has 0 atom stereocenters. The smallest absolute Gasteiger partial charge is 0.150 e. The first kappa shape index (κ1) is 21.9. The van der Waals surface area contributed by atoms with E-state index < -0.39 is 0 Å². The minimum Gasteiger partial charge on any atom is -0.489 e. The maximum absolute atomic E-state index is 6.21. The molecule has 4 heteroatoms. The quantitative estimate of drug-likeness (QED) is 0.296. The van der Waals surface area contributed by atoms with Crippen molar-refractivity contribution in [2.24, 2.45) is 0 Å². The molecule has 4 nitrogen and oxygen atoms in total. The van der Waals surface area contributed by atoms with Crippen LogP contribution in [-0.2, 0) is 19.4 Å². The highest BCUT2D eigenvalue weighted by Crippen LogP contribution is 2.28. The highest BCUT2D eigenvalue weighted by Gasteiger charge is 2.10.